The van der Waals surface area contributed by atoms with Gasteiger partial charge in [0.2, 0.25) is 5.91 Å². The summed E-state index contributed by atoms with van der Waals surface area (Å²) in [6.07, 6.45) is 2.36. The number of rotatable bonds is 3. The highest BCUT2D eigenvalue weighted by molar-refractivity contribution is 5.85. The summed E-state index contributed by atoms with van der Waals surface area (Å²) in [4.78, 5) is 13.9. The number of nitrogens with two attached hydrogens (primary N) is 1. The highest BCUT2D eigenvalue weighted by Crippen LogP contribution is 2.15. The van der Waals surface area contributed by atoms with Gasteiger partial charge in [-0.3, -0.25) is 4.79 Å². The van der Waals surface area contributed by atoms with E-state index in [2.05, 4.69) is 32.0 Å². The monoisotopic (exact) mass is 282 g/mol. The average molecular weight is 283 g/mol. The molecule has 0 aromatic heterocycles. The topological polar surface area (TPSA) is 46.3 Å². The first-order chi connectivity index (χ1) is 8.56. The largest absolute Gasteiger partial charge is 0.341 e. The van der Waals surface area contributed by atoms with Gasteiger partial charge in [-0.05, 0) is 37.8 Å². The van der Waals surface area contributed by atoms with Crippen LogP contribution in [0.15, 0.2) is 18.2 Å². The van der Waals surface area contributed by atoms with Crippen LogP contribution in [0, 0.1) is 13.8 Å². The molecule has 1 aliphatic rings. The molecule has 0 aliphatic carbocycles. The van der Waals surface area contributed by atoms with Crippen molar-refractivity contribution in [2.45, 2.75) is 39.2 Å². The van der Waals surface area contributed by atoms with Gasteiger partial charge < -0.3 is 10.6 Å². The van der Waals surface area contributed by atoms with Crippen molar-refractivity contribution >= 4 is 18.3 Å². The third-order valence-corrected chi connectivity index (χ3v) is 3.68. The molecule has 1 aromatic rings. The van der Waals surface area contributed by atoms with Gasteiger partial charge in [-0.1, -0.05) is 23.8 Å². The minimum atomic E-state index is 0. The summed E-state index contributed by atoms with van der Waals surface area (Å²) < 4.78 is 0. The summed E-state index contributed by atoms with van der Waals surface area (Å²) in [7, 11) is 0. The highest BCUT2D eigenvalue weighted by atomic mass is 35.5. The molecule has 0 spiro atoms. The van der Waals surface area contributed by atoms with Gasteiger partial charge in [0.1, 0.15) is 0 Å². The zero-order valence-electron chi connectivity index (χ0n) is 11.7. The number of benzene rings is 1. The molecule has 1 heterocycles. The molecular weight excluding hydrogens is 260 g/mol. The first-order valence-corrected chi connectivity index (χ1v) is 6.66. The van der Waals surface area contributed by atoms with E-state index in [1.165, 1.54) is 16.7 Å². The quantitative estimate of drug-likeness (QED) is 0.924. The number of amides is 1. The first kappa shape index (κ1) is 16.0. The van der Waals surface area contributed by atoms with Crippen molar-refractivity contribution in [3.05, 3.63) is 34.9 Å². The van der Waals surface area contributed by atoms with Crippen LogP contribution in [0.25, 0.3) is 0 Å². The predicted molar refractivity (Wildman–Crippen MR) is 80.7 cm³/mol. The summed E-state index contributed by atoms with van der Waals surface area (Å²) in [5.41, 5.74) is 9.64. The molecule has 106 valence electrons. The van der Waals surface area contributed by atoms with Crippen molar-refractivity contribution in [3.63, 3.8) is 0 Å². The molecule has 0 radical (unpaired) electrons. The van der Waals surface area contributed by atoms with Crippen LogP contribution in [0.5, 0.6) is 0 Å². The molecule has 1 unspecified atom stereocenters. The number of hydrogen-bond donors (Lipinski definition) is 1. The number of aryl methyl sites for hydroxylation is 3. The molecule has 1 aromatic carbocycles. The number of likely N-dealkylation sites (tertiary alicyclic amines) is 1. The Balaban J connectivity index is 0.00000180. The zero-order chi connectivity index (χ0) is 13.1. The number of halogens is 1. The molecule has 4 heteroatoms. The van der Waals surface area contributed by atoms with Crippen molar-refractivity contribution in [3.8, 4) is 0 Å². The molecule has 19 heavy (non-hydrogen) atoms. The maximum Gasteiger partial charge on any atom is 0.222 e. The van der Waals surface area contributed by atoms with E-state index in [4.69, 9.17) is 5.73 Å². The van der Waals surface area contributed by atoms with Crippen molar-refractivity contribution in [2.75, 3.05) is 13.1 Å². The lowest BCUT2D eigenvalue weighted by atomic mass is 10.0. The van der Waals surface area contributed by atoms with E-state index in [1.54, 1.807) is 0 Å². The highest BCUT2D eigenvalue weighted by Gasteiger charge is 2.23. The normalized spacial score (nSPS) is 18.3. The third-order valence-electron chi connectivity index (χ3n) is 3.68. The van der Waals surface area contributed by atoms with Crippen molar-refractivity contribution in [1.82, 2.24) is 4.90 Å². The molecule has 1 amide bonds. The Kier molecular flexibility index (Phi) is 5.83. The van der Waals surface area contributed by atoms with E-state index in [0.29, 0.717) is 6.42 Å². The van der Waals surface area contributed by atoms with E-state index in [0.717, 1.165) is 25.9 Å². The number of carbonyl (C=O) groups excluding carboxylic acids is 1. The number of nitrogens with zero attached hydrogens (tertiary/aromatic N) is 1. The Hall–Kier alpha value is -1.06. The van der Waals surface area contributed by atoms with Gasteiger partial charge in [-0.25, -0.2) is 0 Å². The van der Waals surface area contributed by atoms with Crippen LogP contribution in [-0.2, 0) is 11.2 Å². The maximum atomic E-state index is 12.0. The summed E-state index contributed by atoms with van der Waals surface area (Å²) in [6.45, 7) is 5.75. The summed E-state index contributed by atoms with van der Waals surface area (Å²) in [5, 5.41) is 0. The van der Waals surface area contributed by atoms with Crippen LogP contribution in [0.3, 0.4) is 0 Å². The van der Waals surface area contributed by atoms with Crippen LogP contribution < -0.4 is 5.73 Å². The van der Waals surface area contributed by atoms with E-state index >= 15 is 0 Å². The third kappa shape index (κ3) is 4.22. The Morgan fingerprint density at radius 1 is 1.42 bits per heavy atom. The van der Waals surface area contributed by atoms with Crippen LogP contribution in [0.4, 0.5) is 0 Å². The molecule has 3 nitrogen and oxygen atoms in total. The van der Waals surface area contributed by atoms with Crippen LogP contribution in [0.1, 0.15) is 29.5 Å². The van der Waals surface area contributed by atoms with Crippen LogP contribution in [0.2, 0.25) is 0 Å². The van der Waals surface area contributed by atoms with E-state index < -0.39 is 0 Å². The zero-order valence-corrected chi connectivity index (χ0v) is 12.5. The Bertz CT molecular complexity index is 448. The van der Waals surface area contributed by atoms with Crippen molar-refractivity contribution in [1.29, 1.82) is 0 Å². The lowest BCUT2D eigenvalue weighted by Crippen LogP contribution is -2.32. The second-order valence-corrected chi connectivity index (χ2v) is 5.32. The van der Waals surface area contributed by atoms with Crippen LogP contribution >= 0.6 is 12.4 Å². The van der Waals surface area contributed by atoms with Gasteiger partial charge in [-0.15, -0.1) is 12.4 Å². The van der Waals surface area contributed by atoms with Gasteiger partial charge in [0.25, 0.3) is 0 Å². The van der Waals surface area contributed by atoms with Gasteiger partial charge in [0.15, 0.2) is 0 Å². The Morgan fingerprint density at radius 3 is 2.74 bits per heavy atom. The molecule has 2 N–H and O–H groups in total. The minimum Gasteiger partial charge on any atom is -0.341 e. The van der Waals surface area contributed by atoms with Gasteiger partial charge in [-0.2, -0.15) is 0 Å². The molecule has 0 saturated carbocycles. The van der Waals surface area contributed by atoms with E-state index in [9.17, 15) is 4.79 Å². The standard InChI is InChI=1S/C15H22N2O.ClH/c1-11-3-4-13(12(2)9-11)5-6-15(18)17-8-7-14(16)10-17;/h3-4,9,14H,5-8,10,16H2,1-2H3;1H. The van der Waals surface area contributed by atoms with Crippen molar-refractivity contribution in [2.24, 2.45) is 5.73 Å². The second-order valence-electron chi connectivity index (χ2n) is 5.32. The fraction of sp³-hybridized carbons (Fsp3) is 0.533. The Labute approximate surface area is 121 Å². The van der Waals surface area contributed by atoms with Gasteiger partial charge in [0, 0.05) is 25.6 Å². The minimum absolute atomic E-state index is 0. The molecule has 1 saturated heterocycles. The summed E-state index contributed by atoms with van der Waals surface area (Å²) >= 11 is 0. The molecule has 0 bridgehead atoms. The van der Waals surface area contributed by atoms with Gasteiger partial charge in [0.05, 0.1) is 0 Å². The summed E-state index contributed by atoms with van der Waals surface area (Å²) in [6, 6.07) is 6.59. The molecular formula is C15H23ClN2O. The van der Waals surface area contributed by atoms with E-state index in [-0.39, 0.29) is 24.4 Å². The number of carbonyl (C=O) groups is 1. The van der Waals surface area contributed by atoms with Crippen molar-refractivity contribution < 1.29 is 4.79 Å². The SMILES string of the molecule is Cc1ccc(CCC(=O)N2CCC(N)C2)c(C)c1.Cl. The second kappa shape index (κ2) is 6.92. The first-order valence-electron chi connectivity index (χ1n) is 6.66. The smallest absolute Gasteiger partial charge is 0.222 e. The van der Waals surface area contributed by atoms with E-state index in [1.807, 2.05) is 4.90 Å². The van der Waals surface area contributed by atoms with Gasteiger partial charge >= 0.3 is 0 Å². The summed E-state index contributed by atoms with van der Waals surface area (Å²) in [5.74, 6) is 0.239. The lowest BCUT2D eigenvalue weighted by Gasteiger charge is -2.16. The molecule has 1 fully saturated rings. The molecule has 1 atom stereocenters. The maximum absolute atomic E-state index is 12.0. The number of hydrogen-bond acceptors (Lipinski definition) is 2. The average Bonchev–Trinajstić information content (AvgIpc) is 2.74. The van der Waals surface area contributed by atoms with Crippen LogP contribution in [-0.4, -0.2) is 29.9 Å². The molecule has 1 aliphatic heterocycles. The lowest BCUT2D eigenvalue weighted by molar-refractivity contribution is -0.130. The molecule has 2 rings (SSSR count). The Morgan fingerprint density at radius 2 is 2.16 bits per heavy atom. The predicted octanol–water partition coefficient (Wildman–Crippen LogP) is 2.22. The fourth-order valence-electron chi connectivity index (χ4n) is 2.54. The fourth-order valence-corrected chi connectivity index (χ4v) is 2.54.